The van der Waals surface area contributed by atoms with Crippen molar-refractivity contribution in [3.05, 3.63) is 0 Å². The van der Waals surface area contributed by atoms with Crippen LogP contribution in [-0.2, 0) is 9.53 Å². The van der Waals surface area contributed by atoms with Gasteiger partial charge in [0.1, 0.15) is 0 Å². The summed E-state index contributed by atoms with van der Waals surface area (Å²) < 4.78 is 5.26. The molecule has 0 N–H and O–H groups in total. The minimum Gasteiger partial charge on any atom is -0.465 e. The maximum Gasteiger partial charge on any atom is 0.305 e. The Morgan fingerprint density at radius 3 is 2.40 bits per heavy atom. The molecular formula is C13H26O2. The van der Waals surface area contributed by atoms with Crippen molar-refractivity contribution in [1.29, 1.82) is 0 Å². The minimum absolute atomic E-state index is 0.0157. The van der Waals surface area contributed by atoms with Gasteiger partial charge in [0.05, 0.1) is 6.61 Å². The van der Waals surface area contributed by atoms with Gasteiger partial charge in [-0.2, -0.15) is 0 Å². The van der Waals surface area contributed by atoms with E-state index in [-0.39, 0.29) is 5.97 Å². The molecule has 0 aromatic heterocycles. The van der Waals surface area contributed by atoms with Crippen molar-refractivity contribution in [3.63, 3.8) is 0 Å². The van der Waals surface area contributed by atoms with Crippen LogP contribution < -0.4 is 0 Å². The van der Waals surface area contributed by atoms with Crippen molar-refractivity contribution in [2.45, 2.75) is 65.7 Å². The summed E-state index contributed by atoms with van der Waals surface area (Å²) in [5, 5.41) is 0. The molecule has 0 aromatic carbocycles. The topological polar surface area (TPSA) is 26.3 Å². The average Bonchev–Trinajstić information content (AvgIpc) is 2.24. The first-order valence-electron chi connectivity index (χ1n) is 6.40. The van der Waals surface area contributed by atoms with Gasteiger partial charge in [-0.05, 0) is 18.8 Å². The summed E-state index contributed by atoms with van der Waals surface area (Å²) in [5.74, 6) is 0.545. The van der Waals surface area contributed by atoms with Crippen LogP contribution in [0.25, 0.3) is 0 Å². The normalized spacial score (nSPS) is 12.5. The molecule has 0 radical (unpaired) electrons. The van der Waals surface area contributed by atoms with Gasteiger partial charge in [0.15, 0.2) is 0 Å². The molecule has 1 unspecified atom stereocenters. The molecule has 0 aliphatic carbocycles. The molecular weight excluding hydrogens is 188 g/mol. The Bertz CT molecular complexity index is 155. The van der Waals surface area contributed by atoms with Crippen LogP contribution in [0.2, 0.25) is 0 Å². The van der Waals surface area contributed by atoms with Gasteiger partial charge in [-0.15, -0.1) is 0 Å². The summed E-state index contributed by atoms with van der Waals surface area (Å²) in [6.45, 7) is 7.09. The summed E-state index contributed by atoms with van der Waals surface area (Å²) in [4.78, 5) is 11.3. The SMILES string of the molecule is CCCCCC(=O)OCC(CC)CCC. The van der Waals surface area contributed by atoms with E-state index in [1.165, 1.54) is 12.8 Å². The Morgan fingerprint density at radius 1 is 1.13 bits per heavy atom. The smallest absolute Gasteiger partial charge is 0.305 e. The maximum absolute atomic E-state index is 11.3. The molecule has 2 heteroatoms. The number of esters is 1. The number of ether oxygens (including phenoxy) is 1. The largest absolute Gasteiger partial charge is 0.465 e. The number of carbonyl (C=O) groups is 1. The Balaban J connectivity index is 3.50. The van der Waals surface area contributed by atoms with E-state index >= 15 is 0 Å². The van der Waals surface area contributed by atoms with Gasteiger partial charge in [0, 0.05) is 6.42 Å². The lowest BCUT2D eigenvalue weighted by Crippen LogP contribution is -2.13. The van der Waals surface area contributed by atoms with Crippen LogP contribution in [0.15, 0.2) is 0 Å². The van der Waals surface area contributed by atoms with E-state index in [4.69, 9.17) is 4.74 Å². The highest BCUT2D eigenvalue weighted by Crippen LogP contribution is 2.11. The fraction of sp³-hybridized carbons (Fsp3) is 0.923. The molecule has 0 bridgehead atoms. The highest BCUT2D eigenvalue weighted by Gasteiger charge is 2.08. The first-order valence-corrected chi connectivity index (χ1v) is 6.40. The first kappa shape index (κ1) is 14.5. The lowest BCUT2D eigenvalue weighted by Gasteiger charge is -2.13. The molecule has 0 heterocycles. The molecule has 0 aliphatic heterocycles. The van der Waals surface area contributed by atoms with Crippen molar-refractivity contribution in [2.75, 3.05) is 6.61 Å². The quantitative estimate of drug-likeness (QED) is 0.429. The highest BCUT2D eigenvalue weighted by atomic mass is 16.5. The molecule has 2 nitrogen and oxygen atoms in total. The third-order valence-electron chi connectivity index (χ3n) is 2.74. The zero-order valence-corrected chi connectivity index (χ0v) is 10.6. The third kappa shape index (κ3) is 8.46. The van der Waals surface area contributed by atoms with Gasteiger partial charge < -0.3 is 4.74 Å². The van der Waals surface area contributed by atoms with Gasteiger partial charge in [0.2, 0.25) is 0 Å². The number of carbonyl (C=O) groups excluding carboxylic acids is 1. The second-order valence-electron chi connectivity index (χ2n) is 4.20. The predicted molar refractivity (Wildman–Crippen MR) is 63.8 cm³/mol. The maximum atomic E-state index is 11.3. The molecule has 0 aliphatic rings. The second-order valence-corrected chi connectivity index (χ2v) is 4.20. The van der Waals surface area contributed by atoms with Gasteiger partial charge in [-0.1, -0.05) is 46.5 Å². The summed E-state index contributed by atoms with van der Waals surface area (Å²) in [7, 11) is 0. The Hall–Kier alpha value is -0.530. The molecule has 0 saturated heterocycles. The molecule has 0 spiro atoms. The van der Waals surface area contributed by atoms with Gasteiger partial charge >= 0.3 is 5.97 Å². The average molecular weight is 214 g/mol. The van der Waals surface area contributed by atoms with E-state index in [9.17, 15) is 4.79 Å². The first-order chi connectivity index (χ1) is 7.24. The van der Waals surface area contributed by atoms with Crippen LogP contribution in [0.3, 0.4) is 0 Å². The Labute approximate surface area is 94.4 Å². The summed E-state index contributed by atoms with van der Waals surface area (Å²) in [5.41, 5.74) is 0. The van der Waals surface area contributed by atoms with Gasteiger partial charge in [-0.3, -0.25) is 4.79 Å². The lowest BCUT2D eigenvalue weighted by molar-refractivity contribution is -0.145. The van der Waals surface area contributed by atoms with E-state index in [2.05, 4.69) is 20.8 Å². The standard InChI is InChI=1S/C13H26O2/c1-4-7-8-10-13(14)15-11-12(6-3)9-5-2/h12H,4-11H2,1-3H3. The van der Waals surface area contributed by atoms with Crippen LogP contribution in [0.5, 0.6) is 0 Å². The molecule has 1 atom stereocenters. The van der Waals surface area contributed by atoms with Crippen LogP contribution in [0.1, 0.15) is 65.7 Å². The van der Waals surface area contributed by atoms with Crippen molar-refractivity contribution in [2.24, 2.45) is 5.92 Å². The fourth-order valence-corrected chi connectivity index (χ4v) is 1.62. The van der Waals surface area contributed by atoms with Crippen LogP contribution >= 0.6 is 0 Å². The van der Waals surface area contributed by atoms with E-state index in [0.717, 1.165) is 25.7 Å². The van der Waals surface area contributed by atoms with E-state index < -0.39 is 0 Å². The van der Waals surface area contributed by atoms with Crippen molar-refractivity contribution < 1.29 is 9.53 Å². The fourth-order valence-electron chi connectivity index (χ4n) is 1.62. The Morgan fingerprint density at radius 2 is 1.87 bits per heavy atom. The third-order valence-corrected chi connectivity index (χ3v) is 2.74. The molecule has 0 fully saturated rings. The molecule has 90 valence electrons. The Kier molecular flexibility index (Phi) is 9.65. The molecule has 0 amide bonds. The predicted octanol–water partition coefficient (Wildman–Crippen LogP) is 3.94. The molecule has 15 heavy (non-hydrogen) atoms. The number of rotatable bonds is 9. The number of hydrogen-bond donors (Lipinski definition) is 0. The zero-order valence-electron chi connectivity index (χ0n) is 10.6. The van der Waals surface area contributed by atoms with Crippen molar-refractivity contribution in [1.82, 2.24) is 0 Å². The zero-order chi connectivity index (χ0) is 11.5. The van der Waals surface area contributed by atoms with Gasteiger partial charge in [0.25, 0.3) is 0 Å². The van der Waals surface area contributed by atoms with Crippen LogP contribution in [0.4, 0.5) is 0 Å². The summed E-state index contributed by atoms with van der Waals surface area (Å²) >= 11 is 0. The second kappa shape index (κ2) is 10.0. The molecule has 0 aromatic rings. The summed E-state index contributed by atoms with van der Waals surface area (Å²) in [6, 6.07) is 0. The lowest BCUT2D eigenvalue weighted by atomic mass is 10.0. The molecule has 0 saturated carbocycles. The van der Waals surface area contributed by atoms with Crippen LogP contribution in [0, 0.1) is 5.92 Å². The molecule has 0 rings (SSSR count). The van der Waals surface area contributed by atoms with Gasteiger partial charge in [-0.25, -0.2) is 0 Å². The van der Waals surface area contributed by atoms with E-state index in [1.807, 2.05) is 0 Å². The van der Waals surface area contributed by atoms with Crippen molar-refractivity contribution >= 4 is 5.97 Å². The van der Waals surface area contributed by atoms with Crippen molar-refractivity contribution in [3.8, 4) is 0 Å². The van der Waals surface area contributed by atoms with Crippen LogP contribution in [-0.4, -0.2) is 12.6 Å². The summed E-state index contributed by atoms with van der Waals surface area (Å²) in [6.07, 6.45) is 7.29. The number of hydrogen-bond acceptors (Lipinski definition) is 2. The van der Waals surface area contributed by atoms with E-state index in [1.54, 1.807) is 0 Å². The number of unbranched alkanes of at least 4 members (excludes halogenated alkanes) is 2. The minimum atomic E-state index is -0.0157. The monoisotopic (exact) mass is 214 g/mol. The van der Waals surface area contributed by atoms with E-state index in [0.29, 0.717) is 18.9 Å². The highest BCUT2D eigenvalue weighted by molar-refractivity contribution is 5.69.